The van der Waals surface area contributed by atoms with E-state index in [1.54, 1.807) is 0 Å². The molecule has 0 aromatic heterocycles. The van der Waals surface area contributed by atoms with E-state index in [0.29, 0.717) is 25.9 Å². The Bertz CT molecular complexity index is 758. The molecule has 2 amide bonds. The maximum absolute atomic E-state index is 13.2. The van der Waals surface area contributed by atoms with Crippen LogP contribution in [0.2, 0.25) is 0 Å². The highest BCUT2D eigenvalue weighted by atomic mass is 16.2. The number of rotatable bonds is 3. The van der Waals surface area contributed by atoms with Gasteiger partial charge in [-0.25, -0.2) is 0 Å². The molecule has 3 fully saturated rings. The number of likely N-dealkylation sites (N-methyl/N-ethyl adjacent to an activating group) is 1. The zero-order valence-electron chi connectivity index (χ0n) is 17.4. The third-order valence-corrected chi connectivity index (χ3v) is 6.84. The van der Waals surface area contributed by atoms with Gasteiger partial charge < -0.3 is 19.6 Å². The molecule has 152 valence electrons. The number of aryl methyl sites for hydroxylation is 1. The quantitative estimate of drug-likeness (QED) is 0.741. The van der Waals surface area contributed by atoms with Crippen LogP contribution in [-0.2, 0) is 9.59 Å². The van der Waals surface area contributed by atoms with Crippen molar-refractivity contribution < 1.29 is 9.59 Å². The summed E-state index contributed by atoms with van der Waals surface area (Å²) >= 11 is 0. The molecular formula is C22H32N4O2. The topological polar surface area (TPSA) is 47.1 Å². The normalized spacial score (nSPS) is 22.3. The second kappa shape index (κ2) is 7.39. The Kier molecular flexibility index (Phi) is 5.08. The van der Waals surface area contributed by atoms with Gasteiger partial charge in [0.25, 0.3) is 0 Å². The van der Waals surface area contributed by atoms with Crippen LogP contribution < -0.4 is 4.90 Å². The van der Waals surface area contributed by atoms with Gasteiger partial charge >= 0.3 is 0 Å². The molecule has 0 spiro atoms. The summed E-state index contributed by atoms with van der Waals surface area (Å²) in [5.41, 5.74) is 3.12. The average molecular weight is 385 g/mol. The average Bonchev–Trinajstić information content (AvgIpc) is 3.52. The van der Waals surface area contributed by atoms with E-state index in [4.69, 9.17) is 0 Å². The van der Waals surface area contributed by atoms with Gasteiger partial charge in [-0.3, -0.25) is 9.59 Å². The van der Waals surface area contributed by atoms with Crippen molar-refractivity contribution in [3.63, 3.8) is 0 Å². The third-order valence-electron chi connectivity index (χ3n) is 6.84. The molecule has 2 heterocycles. The molecule has 4 rings (SSSR count). The highest BCUT2D eigenvalue weighted by molar-refractivity contribution is 6.08. The van der Waals surface area contributed by atoms with Crippen molar-refractivity contribution >= 4 is 17.5 Å². The second-order valence-corrected chi connectivity index (χ2v) is 8.68. The minimum Gasteiger partial charge on any atom is -0.368 e. The van der Waals surface area contributed by atoms with Crippen molar-refractivity contribution in [1.82, 2.24) is 14.7 Å². The Morgan fingerprint density at radius 2 is 1.36 bits per heavy atom. The molecule has 1 aromatic rings. The lowest BCUT2D eigenvalue weighted by molar-refractivity contribution is -0.150. The predicted molar refractivity (Wildman–Crippen MR) is 110 cm³/mol. The van der Waals surface area contributed by atoms with Crippen molar-refractivity contribution in [3.05, 3.63) is 29.3 Å². The van der Waals surface area contributed by atoms with Crippen molar-refractivity contribution in [2.45, 2.75) is 26.7 Å². The van der Waals surface area contributed by atoms with Gasteiger partial charge in [0.2, 0.25) is 11.8 Å². The van der Waals surface area contributed by atoms with E-state index in [-0.39, 0.29) is 11.8 Å². The number of amides is 2. The van der Waals surface area contributed by atoms with E-state index >= 15 is 0 Å². The molecule has 3 aliphatic rings. The maximum Gasteiger partial charge on any atom is 0.238 e. The standard InChI is InChI=1S/C22H32N4O2/c1-17-5-4-6-19(18(17)2)24-13-15-26(16-14-24)21(28)22(7-8-22)20(27)25-11-9-23(3)10-12-25/h4-6H,7-16H2,1-3H3. The van der Waals surface area contributed by atoms with E-state index in [1.807, 2.05) is 9.80 Å². The molecule has 0 N–H and O–H groups in total. The predicted octanol–water partition coefficient (Wildman–Crippen LogP) is 1.51. The number of hydrogen-bond donors (Lipinski definition) is 0. The van der Waals surface area contributed by atoms with E-state index in [0.717, 1.165) is 39.3 Å². The van der Waals surface area contributed by atoms with Crippen LogP contribution in [0.3, 0.4) is 0 Å². The van der Waals surface area contributed by atoms with Gasteiger partial charge in [-0.15, -0.1) is 0 Å². The molecule has 1 aromatic carbocycles. The van der Waals surface area contributed by atoms with E-state index < -0.39 is 5.41 Å². The SMILES string of the molecule is Cc1cccc(N2CCN(C(=O)C3(C(=O)N4CCN(C)CC4)CC3)CC2)c1C. The monoisotopic (exact) mass is 384 g/mol. The maximum atomic E-state index is 13.2. The van der Waals surface area contributed by atoms with E-state index in [2.05, 4.69) is 48.9 Å². The van der Waals surface area contributed by atoms with Crippen molar-refractivity contribution in [2.24, 2.45) is 5.41 Å². The molecular weight excluding hydrogens is 352 g/mol. The first kappa shape index (κ1) is 19.2. The summed E-state index contributed by atoms with van der Waals surface area (Å²) in [4.78, 5) is 34.8. The Labute approximate surface area is 168 Å². The number of piperazine rings is 2. The smallest absolute Gasteiger partial charge is 0.238 e. The largest absolute Gasteiger partial charge is 0.368 e. The minimum atomic E-state index is -0.753. The highest BCUT2D eigenvalue weighted by Crippen LogP contribution is 2.49. The summed E-state index contributed by atoms with van der Waals surface area (Å²) < 4.78 is 0. The molecule has 6 nitrogen and oxygen atoms in total. The number of carbonyl (C=O) groups is 2. The Morgan fingerprint density at radius 3 is 1.89 bits per heavy atom. The fourth-order valence-corrected chi connectivity index (χ4v) is 4.49. The van der Waals surface area contributed by atoms with Crippen molar-refractivity contribution in [2.75, 3.05) is 64.3 Å². The Morgan fingerprint density at radius 1 is 0.821 bits per heavy atom. The van der Waals surface area contributed by atoms with Gasteiger partial charge in [-0.05, 0) is 50.9 Å². The first-order valence-electron chi connectivity index (χ1n) is 10.5. The van der Waals surface area contributed by atoms with E-state index in [9.17, 15) is 9.59 Å². The summed E-state index contributed by atoms with van der Waals surface area (Å²) in [6, 6.07) is 6.40. The summed E-state index contributed by atoms with van der Waals surface area (Å²) in [5, 5.41) is 0. The Hall–Kier alpha value is -2.08. The molecule has 0 radical (unpaired) electrons. The lowest BCUT2D eigenvalue weighted by Gasteiger charge is -2.39. The molecule has 2 saturated heterocycles. The van der Waals surface area contributed by atoms with Crippen LogP contribution in [0.15, 0.2) is 18.2 Å². The first-order valence-corrected chi connectivity index (χ1v) is 10.5. The molecule has 28 heavy (non-hydrogen) atoms. The molecule has 2 aliphatic heterocycles. The van der Waals surface area contributed by atoms with Crippen molar-refractivity contribution in [3.8, 4) is 0 Å². The van der Waals surface area contributed by atoms with Gasteiger partial charge in [0.15, 0.2) is 0 Å². The number of anilines is 1. The highest BCUT2D eigenvalue weighted by Gasteiger charge is 2.59. The lowest BCUT2D eigenvalue weighted by atomic mass is 10.0. The summed E-state index contributed by atoms with van der Waals surface area (Å²) in [6.07, 6.45) is 1.43. The fraction of sp³-hybridized carbons (Fsp3) is 0.636. The van der Waals surface area contributed by atoms with E-state index in [1.165, 1.54) is 16.8 Å². The zero-order chi connectivity index (χ0) is 19.9. The minimum absolute atomic E-state index is 0.0667. The number of nitrogens with zero attached hydrogens (tertiary/aromatic N) is 4. The Balaban J connectivity index is 1.38. The van der Waals surface area contributed by atoms with Crippen LogP contribution in [-0.4, -0.2) is 85.9 Å². The third kappa shape index (κ3) is 3.39. The van der Waals surface area contributed by atoms with Gasteiger partial charge in [0.05, 0.1) is 0 Å². The zero-order valence-corrected chi connectivity index (χ0v) is 17.4. The lowest BCUT2D eigenvalue weighted by Crippen LogP contribution is -2.56. The van der Waals surface area contributed by atoms with Crippen LogP contribution in [0.5, 0.6) is 0 Å². The number of hydrogen-bond acceptors (Lipinski definition) is 4. The number of carbonyl (C=O) groups excluding carboxylic acids is 2. The van der Waals surface area contributed by atoms with Gasteiger partial charge in [-0.1, -0.05) is 12.1 Å². The summed E-state index contributed by atoms with van der Waals surface area (Å²) in [7, 11) is 2.08. The fourth-order valence-electron chi connectivity index (χ4n) is 4.49. The van der Waals surface area contributed by atoms with Crippen LogP contribution in [0.25, 0.3) is 0 Å². The molecule has 1 saturated carbocycles. The summed E-state index contributed by atoms with van der Waals surface area (Å²) in [6.45, 7) is 10.6. The molecule has 1 aliphatic carbocycles. The first-order chi connectivity index (χ1) is 13.4. The van der Waals surface area contributed by atoms with Crippen LogP contribution >= 0.6 is 0 Å². The van der Waals surface area contributed by atoms with Crippen LogP contribution in [0.4, 0.5) is 5.69 Å². The van der Waals surface area contributed by atoms with Crippen molar-refractivity contribution in [1.29, 1.82) is 0 Å². The second-order valence-electron chi connectivity index (χ2n) is 8.68. The van der Waals surface area contributed by atoms with Crippen LogP contribution in [0.1, 0.15) is 24.0 Å². The molecule has 0 bridgehead atoms. The van der Waals surface area contributed by atoms with Gasteiger partial charge in [0, 0.05) is 58.0 Å². The van der Waals surface area contributed by atoms with Gasteiger partial charge in [0.1, 0.15) is 5.41 Å². The van der Waals surface area contributed by atoms with Gasteiger partial charge in [-0.2, -0.15) is 0 Å². The molecule has 0 unspecified atom stereocenters. The molecule has 6 heteroatoms. The number of benzene rings is 1. The summed E-state index contributed by atoms with van der Waals surface area (Å²) in [5.74, 6) is 0.139. The van der Waals surface area contributed by atoms with Crippen LogP contribution in [0, 0.1) is 19.3 Å². The molecule has 0 atom stereocenters.